The summed E-state index contributed by atoms with van der Waals surface area (Å²) < 4.78 is 13.5. The van der Waals surface area contributed by atoms with Gasteiger partial charge in [0.1, 0.15) is 11.6 Å². The fourth-order valence-electron chi connectivity index (χ4n) is 4.00. The molecule has 1 atom stereocenters. The van der Waals surface area contributed by atoms with E-state index < -0.39 is 0 Å². The maximum Gasteiger partial charge on any atom is 0.130 e. The molecule has 4 nitrogen and oxygen atoms in total. The first-order valence-corrected chi connectivity index (χ1v) is 9.79. The maximum atomic E-state index is 13.5. The predicted molar refractivity (Wildman–Crippen MR) is 110 cm³/mol. The van der Waals surface area contributed by atoms with Gasteiger partial charge in [-0.15, -0.1) is 0 Å². The molecular weight excluding hydrogens is 351 g/mol. The van der Waals surface area contributed by atoms with Crippen LogP contribution in [0.5, 0.6) is 0 Å². The van der Waals surface area contributed by atoms with E-state index in [1.54, 1.807) is 12.1 Å². The van der Waals surface area contributed by atoms with Gasteiger partial charge in [-0.1, -0.05) is 24.3 Å². The summed E-state index contributed by atoms with van der Waals surface area (Å²) >= 11 is 0. The molecule has 3 heterocycles. The lowest BCUT2D eigenvalue weighted by Gasteiger charge is -2.25. The molecule has 144 valence electrons. The van der Waals surface area contributed by atoms with Crippen molar-refractivity contribution < 1.29 is 4.39 Å². The molecular formula is C23H25FN4. The minimum absolute atomic E-state index is 0.201. The van der Waals surface area contributed by atoms with Gasteiger partial charge in [0.05, 0.1) is 11.7 Å². The van der Waals surface area contributed by atoms with Crippen LogP contribution in [0.15, 0.2) is 60.8 Å². The summed E-state index contributed by atoms with van der Waals surface area (Å²) in [7, 11) is 1.91. The zero-order valence-corrected chi connectivity index (χ0v) is 16.1. The topological polar surface area (TPSA) is 41.1 Å². The number of likely N-dealkylation sites (tertiary alicyclic amines) is 1. The average Bonchev–Trinajstić information content (AvgIpc) is 3.17. The number of aromatic nitrogens is 2. The maximum absolute atomic E-state index is 13.5. The van der Waals surface area contributed by atoms with Crippen LogP contribution in [0.25, 0.3) is 0 Å². The fraction of sp³-hybridized carbons (Fsp3) is 0.304. The van der Waals surface area contributed by atoms with Gasteiger partial charge in [-0.05, 0) is 55.3 Å². The standard InChI is InChI=1S/C23H25FN4/c1-25-23-18(7-4-12-26-23)16-28-13-5-11-22(28)21-10-3-9-20(27-21)15-17-6-2-8-19(24)14-17/h2-4,6-10,12,14,22H,5,11,13,15-16H2,1H3,(H,25,26)/t22-/m1/s1. The number of hydrogen-bond donors (Lipinski definition) is 1. The highest BCUT2D eigenvalue weighted by Gasteiger charge is 2.27. The van der Waals surface area contributed by atoms with Crippen LogP contribution in [0.4, 0.5) is 10.2 Å². The van der Waals surface area contributed by atoms with Gasteiger partial charge in [0.25, 0.3) is 0 Å². The Kier molecular flexibility index (Phi) is 5.63. The smallest absolute Gasteiger partial charge is 0.130 e. The van der Waals surface area contributed by atoms with E-state index in [-0.39, 0.29) is 5.82 Å². The molecule has 1 aromatic carbocycles. The summed E-state index contributed by atoms with van der Waals surface area (Å²) in [5, 5.41) is 3.18. The third-order valence-electron chi connectivity index (χ3n) is 5.31. The number of anilines is 1. The van der Waals surface area contributed by atoms with E-state index in [9.17, 15) is 4.39 Å². The fourth-order valence-corrected chi connectivity index (χ4v) is 4.00. The van der Waals surface area contributed by atoms with Crippen LogP contribution in [0, 0.1) is 5.82 Å². The largest absolute Gasteiger partial charge is 0.373 e. The van der Waals surface area contributed by atoms with Gasteiger partial charge in [-0.2, -0.15) is 0 Å². The number of rotatable bonds is 6. The Morgan fingerprint density at radius 1 is 1.14 bits per heavy atom. The molecule has 5 heteroatoms. The van der Waals surface area contributed by atoms with Crippen LogP contribution in [0.3, 0.4) is 0 Å². The SMILES string of the molecule is CNc1ncccc1CN1CCC[C@@H]1c1cccc(Cc2cccc(F)c2)n1. The van der Waals surface area contributed by atoms with Crippen molar-refractivity contribution >= 4 is 5.82 Å². The summed E-state index contributed by atoms with van der Waals surface area (Å²) in [5.74, 6) is 0.730. The quantitative estimate of drug-likeness (QED) is 0.683. The Hall–Kier alpha value is -2.79. The van der Waals surface area contributed by atoms with E-state index in [2.05, 4.69) is 33.4 Å². The van der Waals surface area contributed by atoms with Crippen molar-refractivity contribution in [1.29, 1.82) is 0 Å². The Morgan fingerprint density at radius 2 is 2.04 bits per heavy atom. The van der Waals surface area contributed by atoms with E-state index in [1.807, 2.05) is 31.4 Å². The minimum Gasteiger partial charge on any atom is -0.373 e. The second-order valence-electron chi connectivity index (χ2n) is 7.25. The van der Waals surface area contributed by atoms with E-state index in [4.69, 9.17) is 4.98 Å². The second-order valence-corrected chi connectivity index (χ2v) is 7.25. The molecule has 4 rings (SSSR count). The van der Waals surface area contributed by atoms with E-state index in [0.717, 1.165) is 48.7 Å². The number of nitrogens with zero attached hydrogens (tertiary/aromatic N) is 3. The Morgan fingerprint density at radius 3 is 2.89 bits per heavy atom. The summed E-state index contributed by atoms with van der Waals surface area (Å²) in [5.41, 5.74) is 4.23. The zero-order chi connectivity index (χ0) is 19.3. The first-order chi connectivity index (χ1) is 13.7. The highest BCUT2D eigenvalue weighted by Crippen LogP contribution is 2.33. The van der Waals surface area contributed by atoms with Crippen molar-refractivity contribution in [3.8, 4) is 0 Å². The highest BCUT2D eigenvalue weighted by molar-refractivity contribution is 5.43. The lowest BCUT2D eigenvalue weighted by molar-refractivity contribution is 0.244. The molecule has 0 saturated carbocycles. The summed E-state index contributed by atoms with van der Waals surface area (Å²) in [6.07, 6.45) is 4.72. The molecule has 1 N–H and O–H groups in total. The summed E-state index contributed by atoms with van der Waals surface area (Å²) in [6.45, 7) is 1.91. The summed E-state index contributed by atoms with van der Waals surface area (Å²) in [6, 6.07) is 17.4. The van der Waals surface area contributed by atoms with E-state index in [1.165, 1.54) is 11.6 Å². The number of hydrogen-bond acceptors (Lipinski definition) is 4. The van der Waals surface area contributed by atoms with Gasteiger partial charge in [0, 0.05) is 37.5 Å². The van der Waals surface area contributed by atoms with Gasteiger partial charge in [0.15, 0.2) is 0 Å². The zero-order valence-electron chi connectivity index (χ0n) is 16.1. The molecule has 0 spiro atoms. The van der Waals surface area contributed by atoms with Crippen molar-refractivity contribution in [1.82, 2.24) is 14.9 Å². The third-order valence-corrected chi connectivity index (χ3v) is 5.31. The third kappa shape index (κ3) is 4.20. The molecule has 0 bridgehead atoms. The number of halogens is 1. The van der Waals surface area contributed by atoms with Crippen LogP contribution >= 0.6 is 0 Å². The normalized spacial score (nSPS) is 17.0. The van der Waals surface area contributed by atoms with Gasteiger partial charge in [0.2, 0.25) is 0 Å². The number of nitrogens with one attached hydrogen (secondary N) is 1. The monoisotopic (exact) mass is 376 g/mol. The van der Waals surface area contributed by atoms with Crippen molar-refractivity contribution in [2.75, 3.05) is 18.9 Å². The van der Waals surface area contributed by atoms with E-state index >= 15 is 0 Å². The van der Waals surface area contributed by atoms with Crippen molar-refractivity contribution in [3.05, 3.63) is 89.1 Å². The van der Waals surface area contributed by atoms with Crippen LogP contribution in [0.2, 0.25) is 0 Å². The first kappa shape index (κ1) is 18.6. The first-order valence-electron chi connectivity index (χ1n) is 9.79. The molecule has 0 radical (unpaired) electrons. The molecule has 1 aliphatic rings. The van der Waals surface area contributed by atoms with Gasteiger partial charge in [-0.25, -0.2) is 9.37 Å². The Labute approximate surface area is 165 Å². The predicted octanol–water partition coefficient (Wildman–Crippen LogP) is 4.59. The number of benzene rings is 1. The molecule has 3 aromatic rings. The average molecular weight is 376 g/mol. The van der Waals surface area contributed by atoms with Crippen molar-refractivity contribution in [3.63, 3.8) is 0 Å². The molecule has 2 aromatic heterocycles. The summed E-state index contributed by atoms with van der Waals surface area (Å²) in [4.78, 5) is 11.8. The molecule has 28 heavy (non-hydrogen) atoms. The van der Waals surface area contributed by atoms with Crippen molar-refractivity contribution in [2.24, 2.45) is 0 Å². The number of pyridine rings is 2. The van der Waals surface area contributed by atoms with Crippen LogP contribution in [0.1, 0.15) is 41.4 Å². The van der Waals surface area contributed by atoms with E-state index in [0.29, 0.717) is 12.5 Å². The highest BCUT2D eigenvalue weighted by atomic mass is 19.1. The van der Waals surface area contributed by atoms with Gasteiger partial charge < -0.3 is 5.32 Å². The molecule has 1 aliphatic heterocycles. The molecule has 0 unspecified atom stereocenters. The van der Waals surface area contributed by atoms with Crippen LogP contribution < -0.4 is 5.32 Å². The Balaban J connectivity index is 1.53. The molecule has 0 amide bonds. The Bertz CT molecular complexity index is 943. The second kappa shape index (κ2) is 8.48. The van der Waals surface area contributed by atoms with Crippen LogP contribution in [-0.2, 0) is 13.0 Å². The lowest BCUT2D eigenvalue weighted by Crippen LogP contribution is -2.24. The van der Waals surface area contributed by atoms with Gasteiger partial charge in [-0.3, -0.25) is 9.88 Å². The molecule has 0 aliphatic carbocycles. The van der Waals surface area contributed by atoms with Crippen molar-refractivity contribution in [2.45, 2.75) is 31.8 Å². The van der Waals surface area contributed by atoms with Crippen LogP contribution in [-0.4, -0.2) is 28.5 Å². The molecule has 1 fully saturated rings. The lowest BCUT2D eigenvalue weighted by atomic mass is 10.1. The molecule has 1 saturated heterocycles. The minimum atomic E-state index is -0.201. The van der Waals surface area contributed by atoms with Gasteiger partial charge >= 0.3 is 0 Å².